The van der Waals surface area contributed by atoms with Crippen LogP contribution < -0.4 is 4.74 Å². The molecule has 0 amide bonds. The summed E-state index contributed by atoms with van der Waals surface area (Å²) in [7, 11) is 1.42. The van der Waals surface area contributed by atoms with E-state index in [2.05, 4.69) is 35.0 Å². The van der Waals surface area contributed by atoms with Gasteiger partial charge in [-0.1, -0.05) is 37.0 Å². The smallest absolute Gasteiger partial charge is 0.434 e. The zero-order valence-corrected chi connectivity index (χ0v) is 22.7. The number of allylic oxidation sites excluding steroid dienone is 9. The number of hydrogen-bond donors (Lipinski definition) is 0. The average molecular weight is 587 g/mol. The highest BCUT2D eigenvalue weighted by atomic mass is 35.5. The first kappa shape index (κ1) is 31.4. The fourth-order valence-corrected chi connectivity index (χ4v) is 3.70. The second-order valence-corrected chi connectivity index (χ2v) is 9.06. The number of nitrogens with zero attached hydrogens (tertiary/aromatic N) is 4. The molecule has 13 heteroatoms. The zero-order valence-electron chi connectivity index (χ0n) is 21.1. The van der Waals surface area contributed by atoms with E-state index < -0.39 is 17.7 Å². The van der Waals surface area contributed by atoms with Gasteiger partial charge in [-0.05, 0) is 37.6 Å². The van der Waals surface area contributed by atoms with Crippen molar-refractivity contribution in [2.45, 2.75) is 25.4 Å². The molecule has 0 N–H and O–H groups in total. The molecule has 0 saturated heterocycles. The van der Waals surface area contributed by atoms with Gasteiger partial charge in [-0.15, -0.1) is 22.9 Å². The van der Waals surface area contributed by atoms with Crippen LogP contribution in [0.25, 0.3) is 27.6 Å². The lowest BCUT2D eigenvalue weighted by Gasteiger charge is -2.12. The van der Waals surface area contributed by atoms with Crippen molar-refractivity contribution in [3.8, 4) is 27.8 Å². The van der Waals surface area contributed by atoms with Gasteiger partial charge in [0.15, 0.2) is 11.5 Å². The van der Waals surface area contributed by atoms with Gasteiger partial charge in [0.25, 0.3) is 0 Å². The third-order valence-corrected chi connectivity index (χ3v) is 6.08. The number of alkyl halides is 4. The Morgan fingerprint density at radius 3 is 2.46 bits per heavy atom. The summed E-state index contributed by atoms with van der Waals surface area (Å²) < 4.78 is 78.2. The van der Waals surface area contributed by atoms with Gasteiger partial charge in [-0.25, -0.2) is 18.4 Å². The van der Waals surface area contributed by atoms with Gasteiger partial charge in [-0.2, -0.15) is 18.3 Å². The third-order valence-electron chi connectivity index (χ3n) is 4.90. The second kappa shape index (κ2) is 13.9. The van der Waals surface area contributed by atoms with Crippen LogP contribution in [0.2, 0.25) is 0 Å². The molecule has 0 fully saturated rings. The van der Waals surface area contributed by atoms with Crippen molar-refractivity contribution in [1.82, 2.24) is 19.9 Å². The van der Waals surface area contributed by atoms with Crippen molar-refractivity contribution in [2.75, 3.05) is 7.11 Å². The largest absolute Gasteiger partial charge is 0.480 e. The molecule has 0 aromatic carbocycles. The molecule has 0 spiro atoms. The Morgan fingerprint density at radius 1 is 1.23 bits per heavy atom. The molecule has 0 aliphatic rings. The SMILES string of the molecule is C=C/C(F)=C\C(=C)n1ncc(-c2oncc2-c2nc(OC)cs2)c1C(F)(F)F.C=C/C=C\C(F)=C(\C)C(C)Cl. The molecule has 0 saturated carbocycles. The van der Waals surface area contributed by atoms with Crippen LogP contribution in [0.3, 0.4) is 0 Å². The summed E-state index contributed by atoms with van der Waals surface area (Å²) in [5.74, 6) is -1.02. The minimum atomic E-state index is -4.84. The third kappa shape index (κ3) is 8.11. The minimum Gasteiger partial charge on any atom is -0.480 e. The van der Waals surface area contributed by atoms with Crippen molar-refractivity contribution >= 4 is 28.6 Å². The number of aromatic nitrogens is 4. The quantitative estimate of drug-likeness (QED) is 0.142. The lowest BCUT2D eigenvalue weighted by molar-refractivity contribution is -0.142. The van der Waals surface area contributed by atoms with Crippen molar-refractivity contribution < 1.29 is 31.2 Å². The minimum absolute atomic E-state index is 0.184. The van der Waals surface area contributed by atoms with E-state index in [1.807, 2.05) is 0 Å². The summed E-state index contributed by atoms with van der Waals surface area (Å²) in [5, 5.41) is 8.97. The van der Waals surface area contributed by atoms with Crippen molar-refractivity contribution in [1.29, 1.82) is 0 Å². The van der Waals surface area contributed by atoms with Crippen LogP contribution in [-0.2, 0) is 6.18 Å². The van der Waals surface area contributed by atoms with Crippen LogP contribution in [0.1, 0.15) is 19.5 Å². The Labute approximate surface area is 230 Å². The van der Waals surface area contributed by atoms with E-state index in [9.17, 15) is 22.0 Å². The fourth-order valence-electron chi connectivity index (χ4n) is 2.82. The van der Waals surface area contributed by atoms with Crippen LogP contribution >= 0.6 is 22.9 Å². The summed E-state index contributed by atoms with van der Waals surface area (Å²) in [4.78, 5) is 4.14. The number of methoxy groups -OCH3 is 1. The van der Waals surface area contributed by atoms with E-state index >= 15 is 0 Å². The van der Waals surface area contributed by atoms with Crippen molar-refractivity contribution in [3.63, 3.8) is 0 Å². The van der Waals surface area contributed by atoms with Gasteiger partial charge in [0.05, 0.1) is 47.1 Å². The molecule has 3 heterocycles. The molecule has 3 aromatic heterocycles. The lowest BCUT2D eigenvalue weighted by atomic mass is 10.1. The van der Waals surface area contributed by atoms with E-state index in [1.54, 1.807) is 19.2 Å². The Kier molecular flexibility index (Phi) is 11.2. The van der Waals surface area contributed by atoms with Gasteiger partial charge >= 0.3 is 6.18 Å². The Balaban J connectivity index is 0.000000411. The summed E-state index contributed by atoms with van der Waals surface area (Å²) >= 11 is 6.79. The standard InChI is InChI=1S/C17H12F4N4O2S.C9H12ClF/c1-4-10(18)5-9(2)25-15(17(19,20)21)11(6-22-25)14-12(7-23-27-14)16-24-13(26-3)8-28-16;1-4-5-6-9(11)7(2)8(3)10/h4-8H,1-2H2,3H3;4-6,8H,1H2,2-3H3/b10-5+;6-5-,9-7+. The average Bonchev–Trinajstić information content (AvgIpc) is 3.64. The molecule has 1 unspecified atom stereocenters. The molecule has 0 aliphatic heterocycles. The molecule has 6 nitrogen and oxygen atoms in total. The van der Waals surface area contributed by atoms with Crippen LogP contribution in [0.4, 0.5) is 22.0 Å². The van der Waals surface area contributed by atoms with Crippen LogP contribution in [-0.4, -0.2) is 32.4 Å². The molecule has 208 valence electrons. The van der Waals surface area contributed by atoms with Gasteiger partial charge in [0.1, 0.15) is 16.7 Å². The van der Waals surface area contributed by atoms with Gasteiger partial charge < -0.3 is 9.26 Å². The second-order valence-electron chi connectivity index (χ2n) is 7.55. The molecular formula is C26H24ClF5N4O2S. The van der Waals surface area contributed by atoms with Crippen molar-refractivity contribution in [3.05, 3.63) is 90.8 Å². The molecule has 3 rings (SSSR count). The highest BCUT2D eigenvalue weighted by Gasteiger charge is 2.41. The van der Waals surface area contributed by atoms with E-state index in [1.165, 1.54) is 31.5 Å². The predicted molar refractivity (Wildman–Crippen MR) is 144 cm³/mol. The molecular weight excluding hydrogens is 563 g/mol. The monoisotopic (exact) mass is 586 g/mol. The van der Waals surface area contributed by atoms with Gasteiger partial charge in [0.2, 0.25) is 5.88 Å². The van der Waals surface area contributed by atoms with Crippen LogP contribution in [0.15, 0.2) is 89.6 Å². The summed E-state index contributed by atoms with van der Waals surface area (Å²) in [6.07, 6.45) is 3.39. The summed E-state index contributed by atoms with van der Waals surface area (Å²) in [6.45, 7) is 13.5. The van der Waals surface area contributed by atoms with E-state index in [0.29, 0.717) is 21.1 Å². The molecule has 0 radical (unpaired) electrons. The Morgan fingerprint density at radius 2 is 1.92 bits per heavy atom. The fraction of sp³-hybridized carbons (Fsp3) is 0.192. The molecule has 1 atom stereocenters. The lowest BCUT2D eigenvalue weighted by Crippen LogP contribution is -2.14. The number of ether oxygens (including phenoxy) is 1. The summed E-state index contributed by atoms with van der Waals surface area (Å²) in [5.41, 5.74) is -1.13. The predicted octanol–water partition coefficient (Wildman–Crippen LogP) is 8.80. The first-order chi connectivity index (χ1) is 18.3. The number of halogens is 6. The zero-order chi connectivity index (χ0) is 29.3. The van der Waals surface area contributed by atoms with E-state index in [4.69, 9.17) is 20.9 Å². The highest BCUT2D eigenvalue weighted by molar-refractivity contribution is 7.13. The Hall–Kier alpha value is -3.77. The van der Waals surface area contributed by atoms with Crippen LogP contribution in [0, 0.1) is 0 Å². The van der Waals surface area contributed by atoms with Gasteiger partial charge in [-0.3, -0.25) is 0 Å². The first-order valence-electron chi connectivity index (χ1n) is 10.9. The number of thiazole rings is 1. The first-order valence-corrected chi connectivity index (χ1v) is 12.3. The molecule has 3 aromatic rings. The Bertz CT molecular complexity index is 1410. The molecule has 0 bridgehead atoms. The molecule has 0 aliphatic carbocycles. The van der Waals surface area contributed by atoms with Crippen molar-refractivity contribution in [2.24, 2.45) is 0 Å². The maximum absolute atomic E-state index is 13.8. The normalized spacial score (nSPS) is 13.4. The number of rotatable bonds is 9. The van der Waals surface area contributed by atoms with E-state index in [0.717, 1.165) is 29.7 Å². The maximum Gasteiger partial charge on any atom is 0.434 e. The van der Waals surface area contributed by atoms with Gasteiger partial charge in [0, 0.05) is 0 Å². The highest BCUT2D eigenvalue weighted by Crippen LogP contribution is 2.42. The topological polar surface area (TPSA) is 66.0 Å². The van der Waals surface area contributed by atoms with E-state index in [-0.39, 0.29) is 33.8 Å². The maximum atomic E-state index is 13.8. The molecule has 39 heavy (non-hydrogen) atoms. The summed E-state index contributed by atoms with van der Waals surface area (Å²) in [6, 6.07) is 0. The number of hydrogen-bond acceptors (Lipinski definition) is 6. The van der Waals surface area contributed by atoms with Crippen LogP contribution in [0.5, 0.6) is 5.88 Å².